The zero-order chi connectivity index (χ0) is 24.9. The fourth-order valence-electron chi connectivity index (χ4n) is 3.48. The van der Waals surface area contributed by atoms with Gasteiger partial charge in [-0.05, 0) is 53.1 Å². The van der Waals surface area contributed by atoms with E-state index in [9.17, 15) is 14.4 Å². The first kappa shape index (κ1) is 23.8. The minimum Gasteiger partial charge on any atom is -0.493 e. The summed E-state index contributed by atoms with van der Waals surface area (Å²) in [5.41, 5.74) is 2.42. The first-order valence-electron chi connectivity index (χ1n) is 10.6. The maximum absolute atomic E-state index is 12.8. The van der Waals surface area contributed by atoms with Crippen molar-refractivity contribution in [2.24, 2.45) is 0 Å². The summed E-state index contributed by atoms with van der Waals surface area (Å²) in [6.45, 7) is 0.271. The molecule has 9 heteroatoms. The molecule has 0 unspecified atom stereocenters. The van der Waals surface area contributed by atoms with Crippen LogP contribution in [0.1, 0.15) is 27.0 Å². The Hall–Kier alpha value is -4.30. The number of imide groups is 1. The van der Waals surface area contributed by atoms with Gasteiger partial charge in [0.2, 0.25) is 0 Å². The zero-order valence-electron chi connectivity index (χ0n) is 18.7. The quantitative estimate of drug-likeness (QED) is 0.348. The predicted molar refractivity (Wildman–Crippen MR) is 129 cm³/mol. The minimum absolute atomic E-state index is 0.0607. The molecule has 8 nitrogen and oxygen atoms in total. The van der Waals surface area contributed by atoms with E-state index < -0.39 is 17.9 Å². The maximum Gasteiger partial charge on any atom is 0.335 e. The van der Waals surface area contributed by atoms with Gasteiger partial charge < -0.3 is 19.9 Å². The van der Waals surface area contributed by atoms with E-state index in [-0.39, 0.29) is 24.4 Å². The van der Waals surface area contributed by atoms with E-state index in [1.807, 2.05) is 0 Å². The Kier molecular flexibility index (Phi) is 7.03. The topological polar surface area (TPSA) is 105 Å². The maximum atomic E-state index is 12.8. The van der Waals surface area contributed by atoms with Crippen LogP contribution in [0.2, 0.25) is 5.02 Å². The van der Waals surface area contributed by atoms with Crippen LogP contribution < -0.4 is 14.8 Å². The van der Waals surface area contributed by atoms with Crippen molar-refractivity contribution < 1.29 is 29.0 Å². The molecular weight excluding hydrogens is 472 g/mol. The van der Waals surface area contributed by atoms with Crippen molar-refractivity contribution in [2.45, 2.75) is 13.2 Å². The first-order valence-corrected chi connectivity index (χ1v) is 10.9. The van der Waals surface area contributed by atoms with Crippen molar-refractivity contribution in [2.75, 3.05) is 7.11 Å². The van der Waals surface area contributed by atoms with Crippen LogP contribution in [0, 0.1) is 0 Å². The van der Waals surface area contributed by atoms with Crippen LogP contribution in [0.5, 0.6) is 11.5 Å². The SMILES string of the molecule is COc1cc(/C=C2\NC(=O)N(Cc3ccccc3Cl)C2=O)ccc1OCc1ccc(C(=O)O)cc1. The van der Waals surface area contributed by atoms with Crippen molar-refractivity contribution in [3.8, 4) is 11.5 Å². The number of hydrogen-bond donors (Lipinski definition) is 2. The molecule has 0 aliphatic carbocycles. The Labute approximate surface area is 206 Å². The first-order chi connectivity index (χ1) is 16.9. The highest BCUT2D eigenvalue weighted by molar-refractivity contribution is 6.31. The second-order valence-corrected chi connectivity index (χ2v) is 8.08. The summed E-state index contributed by atoms with van der Waals surface area (Å²) in [6, 6.07) is 18.0. The van der Waals surface area contributed by atoms with E-state index in [1.54, 1.807) is 60.7 Å². The molecular formula is C26H21ClN2O6. The molecule has 0 bridgehead atoms. The van der Waals surface area contributed by atoms with Crippen molar-refractivity contribution in [1.29, 1.82) is 0 Å². The van der Waals surface area contributed by atoms with E-state index in [0.29, 0.717) is 27.6 Å². The fraction of sp³-hybridized carbons (Fsp3) is 0.115. The molecule has 4 rings (SSSR count). The molecule has 1 aliphatic rings. The summed E-state index contributed by atoms with van der Waals surface area (Å²) in [7, 11) is 1.49. The molecule has 1 saturated heterocycles. The number of carbonyl (C=O) groups excluding carboxylic acids is 2. The van der Waals surface area contributed by atoms with Gasteiger partial charge in [0, 0.05) is 5.02 Å². The Morgan fingerprint density at radius 1 is 1.06 bits per heavy atom. The monoisotopic (exact) mass is 492 g/mol. The number of amides is 3. The van der Waals surface area contributed by atoms with Crippen LogP contribution in [-0.2, 0) is 17.9 Å². The summed E-state index contributed by atoms with van der Waals surface area (Å²) in [5.74, 6) is -0.544. The van der Waals surface area contributed by atoms with E-state index in [2.05, 4.69) is 5.32 Å². The second-order valence-electron chi connectivity index (χ2n) is 7.67. The lowest BCUT2D eigenvalue weighted by atomic mass is 10.1. The molecule has 0 spiro atoms. The van der Waals surface area contributed by atoms with E-state index in [4.69, 9.17) is 26.2 Å². The van der Waals surface area contributed by atoms with Gasteiger partial charge in [-0.2, -0.15) is 0 Å². The number of nitrogens with one attached hydrogen (secondary N) is 1. The van der Waals surface area contributed by atoms with Crippen LogP contribution >= 0.6 is 11.6 Å². The minimum atomic E-state index is -0.993. The standard InChI is InChI=1S/C26H21ClN2O6/c1-34-23-13-17(8-11-22(23)35-15-16-6-9-18(10-7-16)25(31)32)12-21-24(30)29(26(33)28-21)14-19-4-2-3-5-20(19)27/h2-13H,14-15H2,1H3,(H,28,33)(H,31,32)/b21-12-. The molecule has 178 valence electrons. The van der Waals surface area contributed by atoms with E-state index in [0.717, 1.165) is 10.5 Å². The number of urea groups is 1. The number of ether oxygens (including phenoxy) is 2. The second kappa shape index (κ2) is 10.3. The molecule has 2 N–H and O–H groups in total. The Bertz CT molecular complexity index is 1320. The number of aromatic carboxylic acids is 1. The summed E-state index contributed by atoms with van der Waals surface area (Å²) < 4.78 is 11.2. The van der Waals surface area contributed by atoms with Gasteiger partial charge in [-0.1, -0.05) is 48.0 Å². The third-order valence-electron chi connectivity index (χ3n) is 5.34. The highest BCUT2D eigenvalue weighted by atomic mass is 35.5. The number of methoxy groups -OCH3 is 1. The third-order valence-corrected chi connectivity index (χ3v) is 5.71. The lowest BCUT2D eigenvalue weighted by Crippen LogP contribution is -2.30. The highest BCUT2D eigenvalue weighted by Crippen LogP contribution is 2.30. The van der Waals surface area contributed by atoms with Gasteiger partial charge in [0.25, 0.3) is 5.91 Å². The normalized spacial score (nSPS) is 14.2. The summed E-state index contributed by atoms with van der Waals surface area (Å²) in [5, 5.41) is 12.1. The molecule has 3 aromatic carbocycles. The smallest absolute Gasteiger partial charge is 0.335 e. The van der Waals surface area contributed by atoms with Crippen LogP contribution in [-0.4, -0.2) is 35.0 Å². The van der Waals surface area contributed by atoms with Crippen LogP contribution in [0.3, 0.4) is 0 Å². The molecule has 0 radical (unpaired) electrons. The van der Waals surface area contributed by atoms with Crippen LogP contribution in [0.4, 0.5) is 4.79 Å². The number of carboxylic acid groups (broad SMARTS) is 1. The van der Waals surface area contributed by atoms with Gasteiger partial charge in [0.1, 0.15) is 12.3 Å². The molecule has 3 aromatic rings. The predicted octanol–water partition coefficient (Wildman–Crippen LogP) is 4.72. The fourth-order valence-corrected chi connectivity index (χ4v) is 3.67. The van der Waals surface area contributed by atoms with Gasteiger partial charge in [-0.3, -0.25) is 9.69 Å². The number of hydrogen-bond acceptors (Lipinski definition) is 5. The Morgan fingerprint density at radius 3 is 2.49 bits per heavy atom. The average molecular weight is 493 g/mol. The lowest BCUT2D eigenvalue weighted by Gasteiger charge is -2.13. The Morgan fingerprint density at radius 2 is 1.80 bits per heavy atom. The molecule has 0 aromatic heterocycles. The van der Waals surface area contributed by atoms with Gasteiger partial charge in [0.05, 0.1) is 19.2 Å². The summed E-state index contributed by atoms with van der Waals surface area (Å²) in [6.07, 6.45) is 1.56. The molecule has 3 amide bonds. The number of carbonyl (C=O) groups is 3. The van der Waals surface area contributed by atoms with Crippen molar-refractivity contribution >= 4 is 35.6 Å². The summed E-state index contributed by atoms with van der Waals surface area (Å²) in [4.78, 5) is 37.3. The van der Waals surface area contributed by atoms with Crippen LogP contribution in [0.15, 0.2) is 72.4 Å². The number of rotatable bonds is 8. The third kappa shape index (κ3) is 5.44. The molecule has 0 saturated carbocycles. The van der Waals surface area contributed by atoms with Gasteiger partial charge in [-0.25, -0.2) is 9.59 Å². The number of carboxylic acids is 1. The van der Waals surface area contributed by atoms with E-state index in [1.165, 1.54) is 19.2 Å². The van der Waals surface area contributed by atoms with Gasteiger partial charge in [0.15, 0.2) is 11.5 Å². The largest absolute Gasteiger partial charge is 0.493 e. The average Bonchev–Trinajstić information content (AvgIpc) is 3.11. The number of nitrogens with zero attached hydrogens (tertiary/aromatic N) is 1. The molecule has 35 heavy (non-hydrogen) atoms. The van der Waals surface area contributed by atoms with Crippen molar-refractivity contribution in [3.63, 3.8) is 0 Å². The van der Waals surface area contributed by atoms with Crippen LogP contribution in [0.25, 0.3) is 6.08 Å². The van der Waals surface area contributed by atoms with Crippen molar-refractivity contribution in [3.05, 3.63) is 99.7 Å². The molecule has 1 heterocycles. The molecule has 1 aliphatic heterocycles. The van der Waals surface area contributed by atoms with Gasteiger partial charge in [-0.15, -0.1) is 0 Å². The number of halogens is 1. The van der Waals surface area contributed by atoms with E-state index >= 15 is 0 Å². The zero-order valence-corrected chi connectivity index (χ0v) is 19.4. The Balaban J connectivity index is 1.47. The van der Waals surface area contributed by atoms with Crippen molar-refractivity contribution in [1.82, 2.24) is 10.2 Å². The number of benzene rings is 3. The lowest BCUT2D eigenvalue weighted by molar-refractivity contribution is -0.123. The molecule has 1 fully saturated rings. The summed E-state index contributed by atoms with van der Waals surface area (Å²) >= 11 is 6.16. The van der Waals surface area contributed by atoms with Gasteiger partial charge >= 0.3 is 12.0 Å². The molecule has 0 atom stereocenters. The highest BCUT2D eigenvalue weighted by Gasteiger charge is 2.33.